The van der Waals surface area contributed by atoms with Crippen molar-refractivity contribution in [1.82, 2.24) is 4.90 Å². The molecule has 1 amide bonds. The Morgan fingerprint density at radius 2 is 2.11 bits per heavy atom. The van der Waals surface area contributed by atoms with Crippen LogP contribution in [-0.2, 0) is 0 Å². The van der Waals surface area contributed by atoms with E-state index in [1.165, 1.54) is 12.1 Å². The number of hydrogen-bond donors (Lipinski definition) is 0. The van der Waals surface area contributed by atoms with Gasteiger partial charge in [-0.1, -0.05) is 11.6 Å². The molecule has 0 radical (unpaired) electrons. The van der Waals surface area contributed by atoms with Crippen LogP contribution in [0.3, 0.4) is 0 Å². The monoisotopic (exact) mass is 280 g/mol. The number of rotatable bonds is 1. The summed E-state index contributed by atoms with van der Waals surface area (Å²) in [7, 11) is 0. The largest absolute Gasteiger partial charge is 0.339 e. The molecule has 0 saturated carbocycles. The molecule has 0 unspecified atom stereocenters. The van der Waals surface area contributed by atoms with Crippen LogP contribution in [0.4, 0.5) is 4.39 Å². The highest BCUT2D eigenvalue weighted by atomic mass is 35.5. The van der Waals surface area contributed by atoms with E-state index in [9.17, 15) is 9.18 Å². The molecule has 100 valence electrons. The number of carbonyl (C=O) groups excluding carboxylic acids is 1. The summed E-state index contributed by atoms with van der Waals surface area (Å²) in [6.45, 7) is 2.64. The van der Waals surface area contributed by atoms with Crippen LogP contribution in [0.5, 0.6) is 0 Å². The molecule has 1 saturated heterocycles. The first-order chi connectivity index (χ1) is 9.02. The fourth-order valence-electron chi connectivity index (χ4n) is 2.19. The molecule has 1 aliphatic rings. The lowest BCUT2D eigenvalue weighted by molar-refractivity contribution is 0.0707. The van der Waals surface area contributed by atoms with Gasteiger partial charge >= 0.3 is 0 Å². The molecule has 0 N–H and O–H groups in total. The van der Waals surface area contributed by atoms with Crippen molar-refractivity contribution in [2.45, 2.75) is 19.8 Å². The maximum Gasteiger partial charge on any atom is 0.255 e. The fraction of sp³-hybridized carbons (Fsp3) is 0.429. The number of amides is 1. The first kappa shape index (κ1) is 13.8. The molecule has 1 fully saturated rings. The van der Waals surface area contributed by atoms with Crippen LogP contribution in [0.2, 0.25) is 5.02 Å². The van der Waals surface area contributed by atoms with Gasteiger partial charge in [-0.2, -0.15) is 5.26 Å². The number of nitrogens with zero attached hydrogens (tertiary/aromatic N) is 2. The Bertz CT molecular complexity index is 545. The van der Waals surface area contributed by atoms with Crippen LogP contribution >= 0.6 is 11.6 Å². The third kappa shape index (κ3) is 2.87. The van der Waals surface area contributed by atoms with Gasteiger partial charge in [0.25, 0.3) is 5.91 Å². The molecule has 1 aromatic rings. The molecule has 1 aromatic carbocycles. The van der Waals surface area contributed by atoms with E-state index in [1.54, 1.807) is 11.8 Å². The quantitative estimate of drug-likeness (QED) is 0.793. The van der Waals surface area contributed by atoms with Gasteiger partial charge in [-0.25, -0.2) is 4.39 Å². The molecular formula is C14H14ClFN2O. The number of halogens is 2. The average Bonchev–Trinajstić information content (AvgIpc) is 2.42. The van der Waals surface area contributed by atoms with Crippen molar-refractivity contribution in [3.8, 4) is 6.07 Å². The summed E-state index contributed by atoms with van der Waals surface area (Å²) in [5.41, 5.74) is 0.616. The van der Waals surface area contributed by atoms with E-state index in [2.05, 4.69) is 6.07 Å². The van der Waals surface area contributed by atoms with Crippen LogP contribution in [0, 0.1) is 30.0 Å². The maximum absolute atomic E-state index is 13.5. The van der Waals surface area contributed by atoms with Gasteiger partial charge in [0.05, 0.1) is 16.7 Å². The molecule has 0 bridgehead atoms. The van der Waals surface area contributed by atoms with E-state index < -0.39 is 5.82 Å². The van der Waals surface area contributed by atoms with Crippen molar-refractivity contribution in [3.05, 3.63) is 34.1 Å². The van der Waals surface area contributed by atoms with Crippen molar-refractivity contribution in [2.24, 2.45) is 5.92 Å². The minimum Gasteiger partial charge on any atom is -0.339 e. The highest BCUT2D eigenvalue weighted by molar-refractivity contribution is 6.33. The van der Waals surface area contributed by atoms with Gasteiger partial charge < -0.3 is 4.90 Å². The Kier molecular flexibility index (Phi) is 4.06. The molecule has 1 aliphatic heterocycles. The third-order valence-electron chi connectivity index (χ3n) is 3.44. The van der Waals surface area contributed by atoms with Crippen LogP contribution in [0.25, 0.3) is 0 Å². The Morgan fingerprint density at radius 3 is 2.68 bits per heavy atom. The lowest BCUT2D eigenvalue weighted by atomic mass is 9.98. The smallest absolute Gasteiger partial charge is 0.255 e. The molecule has 19 heavy (non-hydrogen) atoms. The van der Waals surface area contributed by atoms with E-state index in [0.717, 1.165) is 0 Å². The summed E-state index contributed by atoms with van der Waals surface area (Å²) in [4.78, 5) is 13.9. The van der Waals surface area contributed by atoms with E-state index >= 15 is 0 Å². The SMILES string of the molecule is Cc1cc(Cl)c(C(=O)N2CCC(C#N)CC2)cc1F. The van der Waals surface area contributed by atoms with Crippen molar-refractivity contribution < 1.29 is 9.18 Å². The molecule has 0 aromatic heterocycles. The van der Waals surface area contributed by atoms with E-state index in [-0.39, 0.29) is 22.4 Å². The summed E-state index contributed by atoms with van der Waals surface area (Å²) in [6.07, 6.45) is 1.32. The second-order valence-corrected chi connectivity index (χ2v) is 5.18. The first-order valence-corrected chi connectivity index (χ1v) is 6.55. The molecular weight excluding hydrogens is 267 g/mol. The summed E-state index contributed by atoms with van der Waals surface area (Å²) in [6, 6.07) is 4.86. The minimum atomic E-state index is -0.431. The molecule has 5 heteroatoms. The van der Waals surface area contributed by atoms with Gasteiger partial charge in [0.2, 0.25) is 0 Å². The predicted molar refractivity (Wildman–Crippen MR) is 70.4 cm³/mol. The van der Waals surface area contributed by atoms with Gasteiger partial charge in [0.1, 0.15) is 5.82 Å². The predicted octanol–water partition coefficient (Wildman–Crippen LogP) is 3.16. The number of hydrogen-bond acceptors (Lipinski definition) is 2. The molecule has 0 spiro atoms. The Hall–Kier alpha value is -1.60. The summed E-state index contributed by atoms with van der Waals surface area (Å²) in [5.74, 6) is -0.686. The molecule has 3 nitrogen and oxygen atoms in total. The number of aryl methyl sites for hydroxylation is 1. The number of benzene rings is 1. The van der Waals surface area contributed by atoms with Gasteiger partial charge in [-0.05, 0) is 37.5 Å². The van der Waals surface area contributed by atoms with E-state index in [4.69, 9.17) is 16.9 Å². The Balaban J connectivity index is 2.17. The molecule has 0 aliphatic carbocycles. The molecule has 2 rings (SSSR count). The standard InChI is InChI=1S/C14H14ClFN2O/c1-9-6-12(15)11(7-13(9)16)14(19)18-4-2-10(8-17)3-5-18/h6-7,10H,2-5H2,1H3. The maximum atomic E-state index is 13.5. The lowest BCUT2D eigenvalue weighted by Crippen LogP contribution is -2.38. The second-order valence-electron chi connectivity index (χ2n) is 4.78. The van der Waals surface area contributed by atoms with Crippen LogP contribution in [0.1, 0.15) is 28.8 Å². The molecule has 0 atom stereocenters. The highest BCUT2D eigenvalue weighted by Gasteiger charge is 2.25. The lowest BCUT2D eigenvalue weighted by Gasteiger charge is -2.29. The van der Waals surface area contributed by atoms with Crippen LogP contribution in [0.15, 0.2) is 12.1 Å². The summed E-state index contributed by atoms with van der Waals surface area (Å²) >= 11 is 6.01. The third-order valence-corrected chi connectivity index (χ3v) is 3.76. The van der Waals surface area contributed by atoms with Crippen molar-refractivity contribution >= 4 is 17.5 Å². The topological polar surface area (TPSA) is 44.1 Å². The fourth-order valence-corrected chi connectivity index (χ4v) is 2.49. The van der Waals surface area contributed by atoms with E-state index in [0.29, 0.717) is 31.5 Å². The molecule has 1 heterocycles. The zero-order chi connectivity index (χ0) is 14.0. The summed E-state index contributed by atoms with van der Waals surface area (Å²) in [5, 5.41) is 9.09. The van der Waals surface area contributed by atoms with Gasteiger partial charge in [-0.15, -0.1) is 0 Å². The van der Waals surface area contributed by atoms with Crippen molar-refractivity contribution in [2.75, 3.05) is 13.1 Å². The zero-order valence-corrected chi connectivity index (χ0v) is 11.4. The summed E-state index contributed by atoms with van der Waals surface area (Å²) < 4.78 is 13.5. The number of carbonyl (C=O) groups is 1. The highest BCUT2D eigenvalue weighted by Crippen LogP contribution is 2.24. The minimum absolute atomic E-state index is 0.00859. The number of nitriles is 1. The normalized spacial score (nSPS) is 16.2. The number of likely N-dealkylation sites (tertiary alicyclic amines) is 1. The van der Waals surface area contributed by atoms with Gasteiger partial charge in [0, 0.05) is 19.0 Å². The van der Waals surface area contributed by atoms with Crippen LogP contribution < -0.4 is 0 Å². The van der Waals surface area contributed by atoms with Gasteiger partial charge in [-0.3, -0.25) is 4.79 Å². The van der Waals surface area contributed by atoms with Crippen LogP contribution in [-0.4, -0.2) is 23.9 Å². The van der Waals surface area contributed by atoms with Gasteiger partial charge in [0.15, 0.2) is 0 Å². The average molecular weight is 281 g/mol. The second kappa shape index (κ2) is 5.58. The van der Waals surface area contributed by atoms with E-state index in [1.807, 2.05) is 0 Å². The Morgan fingerprint density at radius 1 is 1.47 bits per heavy atom. The van der Waals surface area contributed by atoms with Crippen molar-refractivity contribution in [3.63, 3.8) is 0 Å². The zero-order valence-electron chi connectivity index (χ0n) is 10.6. The Labute approximate surface area is 116 Å². The van der Waals surface area contributed by atoms with Crippen molar-refractivity contribution in [1.29, 1.82) is 5.26 Å². The number of piperidine rings is 1. The first-order valence-electron chi connectivity index (χ1n) is 6.17.